The smallest absolute Gasteiger partial charge is 0.291 e. The van der Waals surface area contributed by atoms with E-state index in [1.54, 1.807) is 25.1 Å². The van der Waals surface area contributed by atoms with Crippen molar-refractivity contribution in [1.82, 2.24) is 15.6 Å². The largest absolute Gasteiger partial charge is 0.455 e. The number of benzene rings is 1. The third kappa shape index (κ3) is 3.78. The number of nitro groups is 1. The number of furan rings is 1. The maximum absolute atomic E-state index is 11.8. The molecule has 0 unspecified atom stereocenters. The average Bonchev–Trinajstić information content (AvgIpc) is 3.24. The zero-order valence-electron chi connectivity index (χ0n) is 13.4. The molecule has 0 atom stereocenters. The van der Waals surface area contributed by atoms with Gasteiger partial charge in [0.05, 0.1) is 16.2 Å². The summed E-state index contributed by atoms with van der Waals surface area (Å²) >= 11 is 6.08. The van der Waals surface area contributed by atoms with Crippen LogP contribution in [0.1, 0.15) is 21.9 Å². The Balaban J connectivity index is 1.73. The number of hydrazone groups is 1. The molecule has 3 aromatic rings. The summed E-state index contributed by atoms with van der Waals surface area (Å²) < 4.78 is 5.55. The van der Waals surface area contributed by atoms with Crippen LogP contribution in [0.15, 0.2) is 45.9 Å². The van der Waals surface area contributed by atoms with Gasteiger partial charge in [-0.3, -0.25) is 20.0 Å². The lowest BCUT2D eigenvalue weighted by Crippen LogP contribution is -2.17. The molecule has 0 aliphatic heterocycles. The van der Waals surface area contributed by atoms with Gasteiger partial charge in [-0.15, -0.1) is 0 Å². The van der Waals surface area contributed by atoms with E-state index in [0.717, 1.165) is 5.69 Å². The monoisotopic (exact) mass is 373 g/mol. The number of nitrogens with zero attached hydrogens (tertiary/aromatic N) is 3. The molecule has 10 heteroatoms. The highest BCUT2D eigenvalue weighted by Crippen LogP contribution is 2.32. The summed E-state index contributed by atoms with van der Waals surface area (Å²) in [6.45, 7) is 1.77. The molecule has 26 heavy (non-hydrogen) atoms. The van der Waals surface area contributed by atoms with Gasteiger partial charge in [0.2, 0.25) is 0 Å². The van der Waals surface area contributed by atoms with Crippen molar-refractivity contribution in [3.8, 4) is 11.3 Å². The number of aromatic nitrogens is 2. The molecule has 0 radical (unpaired) electrons. The Morgan fingerprint density at radius 3 is 2.88 bits per heavy atom. The summed E-state index contributed by atoms with van der Waals surface area (Å²) in [5, 5.41) is 21.5. The van der Waals surface area contributed by atoms with Gasteiger partial charge in [-0.25, -0.2) is 5.43 Å². The Bertz CT molecular complexity index is 1010. The fourth-order valence-corrected chi connectivity index (χ4v) is 2.34. The van der Waals surface area contributed by atoms with Crippen molar-refractivity contribution in [2.75, 3.05) is 0 Å². The van der Waals surface area contributed by atoms with Gasteiger partial charge >= 0.3 is 0 Å². The average molecular weight is 374 g/mol. The lowest BCUT2D eigenvalue weighted by atomic mass is 10.1. The van der Waals surface area contributed by atoms with Crippen LogP contribution in [0.5, 0.6) is 0 Å². The summed E-state index contributed by atoms with van der Waals surface area (Å²) in [5.74, 6) is 0.203. The number of amides is 1. The first-order chi connectivity index (χ1) is 12.4. The van der Waals surface area contributed by atoms with E-state index in [1.165, 1.54) is 24.4 Å². The van der Waals surface area contributed by atoms with Crippen molar-refractivity contribution in [3.05, 3.63) is 68.7 Å². The van der Waals surface area contributed by atoms with E-state index in [1.807, 2.05) is 0 Å². The third-order valence-electron chi connectivity index (χ3n) is 3.35. The number of H-pyrrole nitrogens is 1. The van der Waals surface area contributed by atoms with Gasteiger partial charge in [0.15, 0.2) is 5.69 Å². The molecule has 2 aromatic heterocycles. The van der Waals surface area contributed by atoms with Crippen molar-refractivity contribution in [2.45, 2.75) is 6.92 Å². The topological polar surface area (TPSA) is 126 Å². The van der Waals surface area contributed by atoms with Gasteiger partial charge in [0.1, 0.15) is 11.5 Å². The number of aromatic amines is 1. The summed E-state index contributed by atoms with van der Waals surface area (Å²) in [5.41, 5.74) is 3.57. The molecule has 9 nitrogen and oxygen atoms in total. The second kappa shape index (κ2) is 7.19. The molecule has 3 rings (SSSR count). The van der Waals surface area contributed by atoms with Gasteiger partial charge in [0.25, 0.3) is 11.6 Å². The second-order valence-electron chi connectivity index (χ2n) is 5.26. The van der Waals surface area contributed by atoms with Crippen LogP contribution in [0.2, 0.25) is 5.02 Å². The van der Waals surface area contributed by atoms with Gasteiger partial charge in [-0.2, -0.15) is 10.2 Å². The Morgan fingerprint density at radius 1 is 1.38 bits per heavy atom. The Labute approximate surface area is 151 Å². The van der Waals surface area contributed by atoms with Crippen LogP contribution in [0.4, 0.5) is 5.69 Å². The van der Waals surface area contributed by atoms with E-state index in [2.05, 4.69) is 20.7 Å². The molecule has 1 aromatic carbocycles. The predicted molar refractivity (Wildman–Crippen MR) is 94.2 cm³/mol. The molecule has 0 saturated carbocycles. The molecule has 2 N–H and O–H groups in total. The fourth-order valence-electron chi connectivity index (χ4n) is 2.13. The number of carbonyl (C=O) groups is 1. The number of rotatable bonds is 5. The van der Waals surface area contributed by atoms with Gasteiger partial charge in [-0.05, 0) is 31.2 Å². The number of nitro benzene ring substituents is 1. The molecule has 0 saturated heterocycles. The molecule has 132 valence electrons. The summed E-state index contributed by atoms with van der Waals surface area (Å²) in [4.78, 5) is 22.2. The Kier molecular flexibility index (Phi) is 4.81. The van der Waals surface area contributed by atoms with Crippen molar-refractivity contribution >= 4 is 29.4 Å². The second-order valence-corrected chi connectivity index (χ2v) is 5.67. The lowest BCUT2D eigenvalue weighted by molar-refractivity contribution is -0.384. The van der Waals surface area contributed by atoms with Crippen molar-refractivity contribution < 1.29 is 14.1 Å². The van der Waals surface area contributed by atoms with Crippen LogP contribution in [-0.4, -0.2) is 27.2 Å². The first kappa shape index (κ1) is 17.4. The number of hydrogen-bond donors (Lipinski definition) is 2. The molecule has 2 heterocycles. The fraction of sp³-hybridized carbons (Fsp3) is 0.0625. The standard InChI is InChI=1S/C16H12ClN5O4/c1-9-6-14(20-19-9)16(23)21-18-8-11-3-5-15(26-11)12-7-10(22(24)25)2-4-13(12)17/h2-8H,1H3,(H,19,20)(H,21,23)/b18-8+. The highest BCUT2D eigenvalue weighted by Gasteiger charge is 2.14. The quantitative estimate of drug-likeness (QED) is 0.403. The molecular weight excluding hydrogens is 362 g/mol. The minimum atomic E-state index is -0.516. The maximum atomic E-state index is 11.8. The summed E-state index contributed by atoms with van der Waals surface area (Å²) in [6, 6.07) is 8.84. The first-order valence-corrected chi connectivity index (χ1v) is 7.71. The van der Waals surface area contributed by atoms with E-state index < -0.39 is 10.8 Å². The molecule has 0 aliphatic carbocycles. The maximum Gasteiger partial charge on any atom is 0.291 e. The van der Waals surface area contributed by atoms with E-state index >= 15 is 0 Å². The van der Waals surface area contributed by atoms with Gasteiger partial charge < -0.3 is 4.42 Å². The van der Waals surface area contributed by atoms with Crippen LogP contribution in [0, 0.1) is 17.0 Å². The molecular formula is C16H12ClN5O4. The van der Waals surface area contributed by atoms with E-state index in [9.17, 15) is 14.9 Å². The molecule has 0 fully saturated rings. The van der Waals surface area contributed by atoms with Crippen LogP contribution < -0.4 is 5.43 Å². The third-order valence-corrected chi connectivity index (χ3v) is 3.68. The number of aryl methyl sites for hydroxylation is 1. The van der Waals surface area contributed by atoms with Crippen molar-refractivity contribution in [2.24, 2.45) is 5.10 Å². The molecule has 0 bridgehead atoms. The van der Waals surface area contributed by atoms with Crippen molar-refractivity contribution in [3.63, 3.8) is 0 Å². The van der Waals surface area contributed by atoms with E-state index in [4.69, 9.17) is 16.0 Å². The zero-order chi connectivity index (χ0) is 18.7. The zero-order valence-corrected chi connectivity index (χ0v) is 14.1. The van der Waals surface area contributed by atoms with E-state index in [0.29, 0.717) is 22.1 Å². The summed E-state index contributed by atoms with van der Waals surface area (Å²) in [7, 11) is 0. The number of hydrogen-bond acceptors (Lipinski definition) is 6. The number of nitrogens with one attached hydrogen (secondary N) is 2. The number of halogens is 1. The minimum Gasteiger partial charge on any atom is -0.455 e. The highest BCUT2D eigenvalue weighted by atomic mass is 35.5. The lowest BCUT2D eigenvalue weighted by Gasteiger charge is -2.00. The Morgan fingerprint density at radius 2 is 2.19 bits per heavy atom. The number of carbonyl (C=O) groups excluding carboxylic acids is 1. The van der Waals surface area contributed by atoms with Crippen LogP contribution >= 0.6 is 11.6 Å². The van der Waals surface area contributed by atoms with Gasteiger partial charge in [0, 0.05) is 23.4 Å². The SMILES string of the molecule is Cc1cc(C(=O)N/N=C/c2ccc(-c3cc([N+](=O)[O-])ccc3Cl)o2)n[nH]1. The molecule has 0 spiro atoms. The predicted octanol–water partition coefficient (Wildman–Crippen LogP) is 3.30. The molecule has 0 aliphatic rings. The number of non-ortho nitro benzene ring substituents is 1. The Hall–Kier alpha value is -3.46. The minimum absolute atomic E-state index is 0.0995. The van der Waals surface area contributed by atoms with Gasteiger partial charge in [-0.1, -0.05) is 11.6 Å². The van der Waals surface area contributed by atoms with E-state index in [-0.39, 0.29) is 11.4 Å². The molecule has 1 amide bonds. The van der Waals surface area contributed by atoms with Crippen LogP contribution in [0.25, 0.3) is 11.3 Å². The van der Waals surface area contributed by atoms with Crippen LogP contribution in [-0.2, 0) is 0 Å². The normalized spacial score (nSPS) is 11.0. The van der Waals surface area contributed by atoms with Crippen molar-refractivity contribution in [1.29, 1.82) is 0 Å². The highest BCUT2D eigenvalue weighted by molar-refractivity contribution is 6.33. The first-order valence-electron chi connectivity index (χ1n) is 7.33. The summed E-state index contributed by atoms with van der Waals surface area (Å²) in [6.07, 6.45) is 1.30. The van der Waals surface area contributed by atoms with Crippen LogP contribution in [0.3, 0.4) is 0 Å².